The van der Waals surface area contributed by atoms with Crippen molar-refractivity contribution in [2.75, 3.05) is 19.7 Å². The monoisotopic (exact) mass is 274 g/mol. The van der Waals surface area contributed by atoms with Crippen molar-refractivity contribution < 1.29 is 9.53 Å². The Labute approximate surface area is 119 Å². The second-order valence-electron chi connectivity index (χ2n) is 5.78. The van der Waals surface area contributed by atoms with Crippen LogP contribution in [-0.4, -0.2) is 36.5 Å². The van der Waals surface area contributed by atoms with E-state index in [2.05, 4.69) is 0 Å². The zero-order valence-corrected chi connectivity index (χ0v) is 11.7. The molecule has 2 aliphatic heterocycles. The summed E-state index contributed by atoms with van der Waals surface area (Å²) >= 11 is 0. The second kappa shape index (κ2) is 5.94. The fourth-order valence-corrected chi connectivity index (χ4v) is 3.23. The predicted molar refractivity (Wildman–Crippen MR) is 77.0 cm³/mol. The number of likely N-dealkylation sites (tertiary alicyclic amines) is 1. The van der Waals surface area contributed by atoms with Gasteiger partial charge in [-0.25, -0.2) is 0 Å². The maximum absolute atomic E-state index is 12.7. The first-order valence-corrected chi connectivity index (χ1v) is 7.46. The molecule has 2 saturated heterocycles. The highest BCUT2D eigenvalue weighted by Gasteiger charge is 2.37. The van der Waals surface area contributed by atoms with E-state index in [1.807, 2.05) is 35.2 Å². The van der Waals surface area contributed by atoms with Crippen LogP contribution < -0.4 is 5.73 Å². The summed E-state index contributed by atoms with van der Waals surface area (Å²) < 4.78 is 5.91. The predicted octanol–water partition coefficient (Wildman–Crippen LogP) is 1.71. The van der Waals surface area contributed by atoms with Gasteiger partial charge in [-0.3, -0.25) is 4.79 Å². The molecule has 4 heteroatoms. The molecule has 20 heavy (non-hydrogen) atoms. The summed E-state index contributed by atoms with van der Waals surface area (Å²) in [5.74, 6) is 0.156. The lowest BCUT2D eigenvalue weighted by molar-refractivity contribution is -0.144. The van der Waals surface area contributed by atoms with Crippen LogP contribution in [0.3, 0.4) is 0 Å². The molecule has 1 aromatic carbocycles. The van der Waals surface area contributed by atoms with Gasteiger partial charge in [-0.15, -0.1) is 0 Å². The molecule has 1 aromatic rings. The number of nitrogens with zero attached hydrogens (tertiary/aromatic N) is 1. The van der Waals surface area contributed by atoms with Gasteiger partial charge in [0.25, 0.3) is 0 Å². The Bertz CT molecular complexity index is 463. The van der Waals surface area contributed by atoms with Crippen molar-refractivity contribution in [1.82, 2.24) is 4.90 Å². The number of carbonyl (C=O) groups excluding carboxylic acids is 1. The van der Waals surface area contributed by atoms with E-state index in [1.165, 1.54) is 0 Å². The summed E-state index contributed by atoms with van der Waals surface area (Å²) in [6.07, 6.45) is 2.67. The van der Waals surface area contributed by atoms with Crippen LogP contribution in [0.25, 0.3) is 0 Å². The average Bonchev–Trinajstić information content (AvgIpc) is 2.94. The molecule has 2 N–H and O–H groups in total. The molecule has 3 atom stereocenters. The molecule has 4 nitrogen and oxygen atoms in total. The van der Waals surface area contributed by atoms with Crippen molar-refractivity contribution in [1.29, 1.82) is 0 Å². The van der Waals surface area contributed by atoms with Crippen molar-refractivity contribution in [3.63, 3.8) is 0 Å². The molecule has 0 spiro atoms. The Balaban J connectivity index is 1.77. The highest BCUT2D eigenvalue weighted by Crippen LogP contribution is 2.35. The standard InChI is InChI=1S/C16H22N2O2/c17-13-8-9-18(11-13)16(19)14-7-4-10-20-15(14)12-5-2-1-3-6-12/h1-3,5-6,13-15H,4,7-11,17H2. The normalized spacial score (nSPS) is 30.4. The molecule has 1 amide bonds. The maximum Gasteiger partial charge on any atom is 0.228 e. The van der Waals surface area contributed by atoms with E-state index in [9.17, 15) is 4.79 Å². The Morgan fingerprint density at radius 2 is 2.05 bits per heavy atom. The van der Waals surface area contributed by atoms with Crippen LogP contribution in [0, 0.1) is 5.92 Å². The topological polar surface area (TPSA) is 55.6 Å². The fourth-order valence-electron chi connectivity index (χ4n) is 3.23. The molecule has 0 aromatic heterocycles. The third-order valence-corrected chi connectivity index (χ3v) is 4.30. The highest BCUT2D eigenvalue weighted by molar-refractivity contribution is 5.80. The molecule has 0 radical (unpaired) electrons. The van der Waals surface area contributed by atoms with E-state index in [4.69, 9.17) is 10.5 Å². The van der Waals surface area contributed by atoms with Crippen molar-refractivity contribution in [2.24, 2.45) is 11.7 Å². The summed E-state index contributed by atoms with van der Waals surface area (Å²) in [5.41, 5.74) is 7.02. The quantitative estimate of drug-likeness (QED) is 0.893. The van der Waals surface area contributed by atoms with Gasteiger partial charge in [0.2, 0.25) is 5.91 Å². The SMILES string of the molecule is NC1CCN(C(=O)C2CCCOC2c2ccccc2)C1. The third-order valence-electron chi connectivity index (χ3n) is 4.30. The van der Waals surface area contributed by atoms with Gasteiger partial charge in [0, 0.05) is 25.7 Å². The third kappa shape index (κ3) is 2.72. The van der Waals surface area contributed by atoms with E-state index in [0.29, 0.717) is 6.54 Å². The van der Waals surface area contributed by atoms with Crippen molar-refractivity contribution in [2.45, 2.75) is 31.4 Å². The number of hydrogen-bond acceptors (Lipinski definition) is 3. The lowest BCUT2D eigenvalue weighted by Gasteiger charge is -2.33. The van der Waals surface area contributed by atoms with Crippen LogP contribution in [0.2, 0.25) is 0 Å². The molecule has 108 valence electrons. The van der Waals surface area contributed by atoms with Crippen LogP contribution in [-0.2, 0) is 9.53 Å². The van der Waals surface area contributed by atoms with Crippen LogP contribution in [0.4, 0.5) is 0 Å². The van der Waals surface area contributed by atoms with Gasteiger partial charge >= 0.3 is 0 Å². The van der Waals surface area contributed by atoms with Gasteiger partial charge in [0.1, 0.15) is 0 Å². The number of hydrogen-bond donors (Lipinski definition) is 1. The van der Waals surface area contributed by atoms with Crippen LogP contribution in [0.15, 0.2) is 30.3 Å². The minimum absolute atomic E-state index is 0.0588. The molecule has 2 aliphatic rings. The summed E-state index contributed by atoms with van der Waals surface area (Å²) in [6.45, 7) is 2.22. The minimum atomic E-state index is -0.103. The Morgan fingerprint density at radius 1 is 1.25 bits per heavy atom. The van der Waals surface area contributed by atoms with Gasteiger partial charge in [-0.2, -0.15) is 0 Å². The number of carbonyl (C=O) groups is 1. The van der Waals surface area contributed by atoms with Crippen molar-refractivity contribution >= 4 is 5.91 Å². The summed E-state index contributed by atoms with van der Waals surface area (Å²) in [6, 6.07) is 10.2. The smallest absolute Gasteiger partial charge is 0.228 e. The number of amides is 1. The summed E-state index contributed by atoms with van der Waals surface area (Å²) in [4.78, 5) is 14.6. The average molecular weight is 274 g/mol. The molecular formula is C16H22N2O2. The second-order valence-corrected chi connectivity index (χ2v) is 5.78. The Hall–Kier alpha value is -1.39. The van der Waals surface area contributed by atoms with Crippen molar-refractivity contribution in [3.05, 3.63) is 35.9 Å². The van der Waals surface area contributed by atoms with E-state index < -0.39 is 0 Å². The molecule has 0 bridgehead atoms. The van der Waals surface area contributed by atoms with E-state index in [-0.39, 0.29) is 24.0 Å². The Kier molecular flexibility index (Phi) is 4.03. The largest absolute Gasteiger partial charge is 0.373 e. The lowest BCUT2D eigenvalue weighted by Crippen LogP contribution is -2.40. The molecule has 2 heterocycles. The molecule has 3 unspecified atom stereocenters. The van der Waals surface area contributed by atoms with Crippen LogP contribution >= 0.6 is 0 Å². The fraction of sp³-hybridized carbons (Fsp3) is 0.562. The van der Waals surface area contributed by atoms with Gasteiger partial charge in [-0.05, 0) is 24.8 Å². The van der Waals surface area contributed by atoms with Crippen molar-refractivity contribution in [3.8, 4) is 0 Å². The molecular weight excluding hydrogens is 252 g/mol. The number of nitrogens with two attached hydrogens (primary N) is 1. The van der Waals surface area contributed by atoms with Crippen LogP contribution in [0.1, 0.15) is 30.9 Å². The van der Waals surface area contributed by atoms with Gasteiger partial charge in [-0.1, -0.05) is 30.3 Å². The number of benzene rings is 1. The summed E-state index contributed by atoms with van der Waals surface area (Å²) in [7, 11) is 0. The highest BCUT2D eigenvalue weighted by atomic mass is 16.5. The first kappa shape index (κ1) is 13.6. The Morgan fingerprint density at radius 3 is 2.75 bits per heavy atom. The van der Waals surface area contributed by atoms with Gasteiger partial charge < -0.3 is 15.4 Å². The van der Waals surface area contributed by atoms with Gasteiger partial charge in [0.15, 0.2) is 0 Å². The minimum Gasteiger partial charge on any atom is -0.373 e. The molecule has 2 fully saturated rings. The summed E-state index contributed by atoms with van der Waals surface area (Å²) in [5, 5.41) is 0. The maximum atomic E-state index is 12.7. The molecule has 0 saturated carbocycles. The van der Waals surface area contributed by atoms with E-state index >= 15 is 0 Å². The first-order chi connectivity index (χ1) is 9.75. The number of rotatable bonds is 2. The zero-order valence-electron chi connectivity index (χ0n) is 11.7. The van der Waals surface area contributed by atoms with E-state index in [0.717, 1.165) is 38.0 Å². The zero-order chi connectivity index (χ0) is 13.9. The molecule has 0 aliphatic carbocycles. The lowest BCUT2D eigenvalue weighted by atomic mass is 9.88. The van der Waals surface area contributed by atoms with E-state index in [1.54, 1.807) is 0 Å². The van der Waals surface area contributed by atoms with Gasteiger partial charge in [0.05, 0.1) is 12.0 Å². The van der Waals surface area contributed by atoms with Crippen LogP contribution in [0.5, 0.6) is 0 Å². The first-order valence-electron chi connectivity index (χ1n) is 7.46. The number of ether oxygens (including phenoxy) is 1. The molecule has 3 rings (SSSR count).